The Hall–Kier alpha value is -2.13. The molecule has 0 saturated heterocycles. The third kappa shape index (κ3) is 2.21. The number of hydrogen-bond acceptors (Lipinski definition) is 2. The van der Waals surface area contributed by atoms with Gasteiger partial charge in [0.15, 0.2) is 5.43 Å². The normalized spacial score (nSPS) is 11.6. The van der Waals surface area contributed by atoms with E-state index >= 15 is 0 Å². The maximum absolute atomic E-state index is 11.4. The molecular formula is C17H18NO2+. The van der Waals surface area contributed by atoms with E-state index in [2.05, 4.69) is 38.1 Å². The molecule has 0 bridgehead atoms. The Balaban J connectivity index is 2.21. The van der Waals surface area contributed by atoms with Gasteiger partial charge in [-0.3, -0.25) is 4.79 Å². The lowest BCUT2D eigenvalue weighted by molar-refractivity contribution is -0.828. The minimum atomic E-state index is -0.0221. The van der Waals surface area contributed by atoms with Crippen molar-refractivity contribution in [3.05, 3.63) is 52.7 Å². The van der Waals surface area contributed by atoms with Gasteiger partial charge >= 0.3 is 0 Å². The summed E-state index contributed by atoms with van der Waals surface area (Å²) in [5.74, 6) is 0.650. The summed E-state index contributed by atoms with van der Waals surface area (Å²) in [5.41, 5.74) is 3.00. The van der Waals surface area contributed by atoms with Gasteiger partial charge in [0.1, 0.15) is 17.0 Å². The molecule has 20 heavy (non-hydrogen) atoms. The van der Waals surface area contributed by atoms with Crippen LogP contribution < -0.4 is 10.3 Å². The first-order valence-corrected chi connectivity index (χ1v) is 7.04. The van der Waals surface area contributed by atoms with Crippen LogP contribution in [0.25, 0.3) is 22.3 Å². The Labute approximate surface area is 117 Å². The first-order chi connectivity index (χ1) is 9.71. The predicted molar refractivity (Wildman–Crippen MR) is 80.8 cm³/mol. The fourth-order valence-electron chi connectivity index (χ4n) is 2.63. The van der Waals surface area contributed by atoms with E-state index in [4.69, 9.17) is 4.42 Å². The average molecular weight is 268 g/mol. The zero-order chi connectivity index (χ0) is 14.1. The van der Waals surface area contributed by atoms with Crippen molar-refractivity contribution in [3.63, 3.8) is 0 Å². The van der Waals surface area contributed by atoms with Crippen LogP contribution in [0.2, 0.25) is 0 Å². The van der Waals surface area contributed by atoms with Crippen LogP contribution in [0.15, 0.2) is 51.7 Å². The van der Waals surface area contributed by atoms with Gasteiger partial charge in [-0.2, -0.15) is 0 Å². The smallest absolute Gasteiger partial charge is 0.182 e. The summed E-state index contributed by atoms with van der Waals surface area (Å²) >= 11 is 0. The van der Waals surface area contributed by atoms with E-state index in [1.54, 1.807) is 12.1 Å². The van der Waals surface area contributed by atoms with Gasteiger partial charge in [-0.05, 0) is 44.2 Å². The number of benzene rings is 2. The third-order valence-electron chi connectivity index (χ3n) is 3.79. The SMILES string of the molecule is CC[NH+](CC)c1ccc2cc3ccc(=O)cc-3oc2c1. The summed E-state index contributed by atoms with van der Waals surface area (Å²) in [6, 6.07) is 13.3. The van der Waals surface area contributed by atoms with Crippen LogP contribution in [0.3, 0.4) is 0 Å². The van der Waals surface area contributed by atoms with Gasteiger partial charge < -0.3 is 9.32 Å². The largest absolute Gasteiger partial charge is 0.456 e. The monoisotopic (exact) mass is 268 g/mol. The molecule has 2 aliphatic rings. The van der Waals surface area contributed by atoms with Gasteiger partial charge in [0.25, 0.3) is 0 Å². The fraction of sp³-hybridized carbons (Fsp3) is 0.235. The Kier molecular flexibility index (Phi) is 3.28. The summed E-state index contributed by atoms with van der Waals surface area (Å²) in [6.45, 7) is 6.43. The summed E-state index contributed by atoms with van der Waals surface area (Å²) in [7, 11) is 0. The Bertz CT molecular complexity index is 771. The van der Waals surface area contributed by atoms with E-state index in [0.29, 0.717) is 5.76 Å². The van der Waals surface area contributed by atoms with E-state index in [-0.39, 0.29) is 5.43 Å². The predicted octanol–water partition coefficient (Wildman–Crippen LogP) is 2.45. The minimum Gasteiger partial charge on any atom is -0.456 e. The molecule has 0 unspecified atom stereocenters. The van der Waals surface area contributed by atoms with Crippen LogP contribution in [-0.4, -0.2) is 13.1 Å². The van der Waals surface area contributed by atoms with Gasteiger partial charge in [0, 0.05) is 23.1 Å². The molecule has 102 valence electrons. The second-order valence-corrected chi connectivity index (χ2v) is 5.01. The number of hydrogen-bond donors (Lipinski definition) is 1. The standard InChI is InChI=1S/C17H17NO2/c1-3-18(4-2)14-7-5-12-9-13-6-8-15(19)11-17(13)20-16(12)10-14/h5-11H,3-4H2,1-2H3/p+1. The molecule has 0 atom stereocenters. The fourth-order valence-corrected chi connectivity index (χ4v) is 2.63. The number of quaternary nitrogens is 1. The summed E-state index contributed by atoms with van der Waals surface area (Å²) in [6.07, 6.45) is 0. The highest BCUT2D eigenvalue weighted by Gasteiger charge is 2.12. The van der Waals surface area contributed by atoms with Crippen molar-refractivity contribution in [1.29, 1.82) is 0 Å². The lowest BCUT2D eigenvalue weighted by atomic mass is 10.1. The molecule has 1 aliphatic carbocycles. The van der Waals surface area contributed by atoms with Gasteiger partial charge in [0.2, 0.25) is 0 Å². The Morgan fingerprint density at radius 1 is 1.00 bits per heavy atom. The minimum absolute atomic E-state index is 0.0221. The van der Waals surface area contributed by atoms with Gasteiger partial charge in [-0.15, -0.1) is 0 Å². The van der Waals surface area contributed by atoms with Crippen LogP contribution in [-0.2, 0) is 0 Å². The second-order valence-electron chi connectivity index (χ2n) is 5.01. The van der Waals surface area contributed by atoms with E-state index in [1.165, 1.54) is 10.6 Å². The highest BCUT2D eigenvalue weighted by molar-refractivity contribution is 5.84. The van der Waals surface area contributed by atoms with Crippen molar-refractivity contribution >= 4 is 16.7 Å². The van der Waals surface area contributed by atoms with Gasteiger partial charge in [0.05, 0.1) is 13.1 Å². The molecule has 0 radical (unpaired) electrons. The average Bonchev–Trinajstić information content (AvgIpc) is 2.46. The molecule has 1 aliphatic heterocycles. The Morgan fingerprint density at radius 3 is 2.55 bits per heavy atom. The topological polar surface area (TPSA) is 34.7 Å². The molecule has 0 fully saturated rings. The first kappa shape index (κ1) is 12.9. The Morgan fingerprint density at radius 2 is 1.80 bits per heavy atom. The zero-order valence-corrected chi connectivity index (χ0v) is 11.8. The molecule has 0 amide bonds. The quantitative estimate of drug-likeness (QED) is 0.740. The molecule has 1 aromatic carbocycles. The third-order valence-corrected chi connectivity index (χ3v) is 3.79. The van der Waals surface area contributed by atoms with Crippen LogP contribution in [0.4, 0.5) is 5.69 Å². The lowest BCUT2D eigenvalue weighted by Crippen LogP contribution is -3.06. The lowest BCUT2D eigenvalue weighted by Gasteiger charge is -2.15. The van der Waals surface area contributed by atoms with Crippen molar-refractivity contribution in [2.24, 2.45) is 0 Å². The van der Waals surface area contributed by atoms with E-state index in [9.17, 15) is 4.79 Å². The van der Waals surface area contributed by atoms with Crippen LogP contribution >= 0.6 is 0 Å². The second kappa shape index (κ2) is 5.10. The van der Waals surface area contributed by atoms with Crippen molar-refractivity contribution in [2.75, 3.05) is 13.1 Å². The van der Waals surface area contributed by atoms with Crippen LogP contribution in [0.5, 0.6) is 0 Å². The number of nitrogens with one attached hydrogen (secondary N) is 1. The molecule has 0 aromatic heterocycles. The van der Waals surface area contributed by atoms with E-state index in [0.717, 1.165) is 29.6 Å². The highest BCUT2D eigenvalue weighted by Crippen LogP contribution is 2.27. The van der Waals surface area contributed by atoms with Crippen LogP contribution in [0.1, 0.15) is 13.8 Å². The summed E-state index contributed by atoms with van der Waals surface area (Å²) < 4.78 is 5.89. The van der Waals surface area contributed by atoms with Crippen LogP contribution in [0, 0.1) is 0 Å². The highest BCUT2D eigenvalue weighted by atomic mass is 16.3. The van der Waals surface area contributed by atoms with Crippen molar-refractivity contribution < 1.29 is 9.32 Å². The molecular weight excluding hydrogens is 250 g/mol. The number of rotatable bonds is 3. The van der Waals surface area contributed by atoms with E-state index in [1.807, 2.05) is 6.07 Å². The first-order valence-electron chi connectivity index (χ1n) is 7.04. The maximum atomic E-state index is 11.4. The van der Waals surface area contributed by atoms with Gasteiger partial charge in [-0.1, -0.05) is 0 Å². The summed E-state index contributed by atoms with van der Waals surface area (Å²) in [4.78, 5) is 12.8. The molecule has 1 N–H and O–H groups in total. The van der Waals surface area contributed by atoms with Crippen molar-refractivity contribution in [3.8, 4) is 11.3 Å². The molecule has 3 rings (SSSR count). The van der Waals surface area contributed by atoms with Gasteiger partial charge in [-0.25, -0.2) is 0 Å². The molecule has 1 heterocycles. The van der Waals surface area contributed by atoms with E-state index < -0.39 is 0 Å². The number of fused-ring (bicyclic) bond motifs is 2. The summed E-state index contributed by atoms with van der Waals surface area (Å²) in [5, 5.41) is 1.06. The zero-order valence-electron chi connectivity index (χ0n) is 11.8. The molecule has 3 heteroatoms. The van der Waals surface area contributed by atoms with Crippen molar-refractivity contribution in [2.45, 2.75) is 13.8 Å². The van der Waals surface area contributed by atoms with Crippen molar-refractivity contribution in [1.82, 2.24) is 0 Å². The molecule has 0 spiro atoms. The molecule has 0 saturated carbocycles. The maximum Gasteiger partial charge on any atom is 0.182 e. The molecule has 1 aromatic rings. The molecule has 3 nitrogen and oxygen atoms in total.